The van der Waals surface area contributed by atoms with E-state index in [1.54, 1.807) is 23.9 Å². The Hall–Kier alpha value is -1.99. The number of amides is 3. The smallest absolute Gasteiger partial charge is 0.410 e. The molecule has 1 saturated heterocycles. The van der Waals surface area contributed by atoms with Crippen LogP contribution in [0.3, 0.4) is 0 Å². The summed E-state index contributed by atoms with van der Waals surface area (Å²) in [5.74, 6) is -0.516. The Balaban J connectivity index is 2.74. The van der Waals surface area contributed by atoms with Gasteiger partial charge in [0.2, 0.25) is 0 Å². The predicted molar refractivity (Wildman–Crippen MR) is 97.8 cm³/mol. The van der Waals surface area contributed by atoms with E-state index in [-0.39, 0.29) is 24.1 Å². The van der Waals surface area contributed by atoms with Crippen molar-refractivity contribution in [3.63, 3.8) is 0 Å². The molecule has 8 nitrogen and oxygen atoms in total. The highest BCUT2D eigenvalue weighted by Crippen LogP contribution is 2.20. The Bertz CT molecular complexity index is 529. The van der Waals surface area contributed by atoms with Crippen LogP contribution in [-0.2, 0) is 14.3 Å². The molecule has 0 aromatic carbocycles. The number of carbonyl (C=O) groups excluding carboxylic acids is 3. The van der Waals surface area contributed by atoms with Crippen LogP contribution in [0.4, 0.5) is 9.59 Å². The first kappa shape index (κ1) is 22.1. The molecular formula is C18H33N3O5. The van der Waals surface area contributed by atoms with Crippen LogP contribution in [0.2, 0.25) is 0 Å². The maximum atomic E-state index is 12.8. The number of rotatable bonds is 4. The lowest BCUT2D eigenvalue weighted by Crippen LogP contribution is -2.53. The van der Waals surface area contributed by atoms with E-state index in [0.717, 1.165) is 0 Å². The molecule has 0 spiro atoms. The summed E-state index contributed by atoms with van der Waals surface area (Å²) in [6.07, 6.45) is 0.295. The van der Waals surface area contributed by atoms with Gasteiger partial charge in [-0.3, -0.25) is 0 Å². The summed E-state index contributed by atoms with van der Waals surface area (Å²) < 4.78 is 10.2. The van der Waals surface area contributed by atoms with Crippen LogP contribution in [0.15, 0.2) is 0 Å². The molecular weight excluding hydrogens is 338 g/mol. The third-order valence-corrected chi connectivity index (χ3v) is 4.46. The molecule has 0 saturated carbocycles. The van der Waals surface area contributed by atoms with E-state index in [1.165, 1.54) is 12.0 Å². The molecule has 0 radical (unpaired) electrons. The van der Waals surface area contributed by atoms with Crippen molar-refractivity contribution in [2.75, 3.05) is 34.3 Å². The van der Waals surface area contributed by atoms with Gasteiger partial charge in [-0.25, -0.2) is 14.4 Å². The first-order chi connectivity index (χ1) is 11.9. The quantitative estimate of drug-likeness (QED) is 0.708. The van der Waals surface area contributed by atoms with E-state index in [1.807, 2.05) is 34.6 Å². The molecule has 1 heterocycles. The number of urea groups is 1. The molecule has 0 unspecified atom stereocenters. The van der Waals surface area contributed by atoms with Crippen LogP contribution in [0.1, 0.15) is 41.0 Å². The van der Waals surface area contributed by atoms with Crippen LogP contribution in [0, 0.1) is 5.92 Å². The van der Waals surface area contributed by atoms with Gasteiger partial charge in [0.25, 0.3) is 0 Å². The predicted octanol–water partition coefficient (Wildman–Crippen LogP) is 2.18. The summed E-state index contributed by atoms with van der Waals surface area (Å²) >= 11 is 0. The van der Waals surface area contributed by atoms with Crippen LogP contribution < -0.4 is 0 Å². The van der Waals surface area contributed by atoms with Crippen LogP contribution in [0.5, 0.6) is 0 Å². The minimum atomic E-state index is -0.654. The zero-order valence-corrected chi connectivity index (χ0v) is 17.2. The fourth-order valence-electron chi connectivity index (χ4n) is 3.07. The Labute approximate surface area is 156 Å². The van der Waals surface area contributed by atoms with Crippen LogP contribution in [-0.4, -0.2) is 84.8 Å². The highest BCUT2D eigenvalue weighted by Gasteiger charge is 2.37. The maximum absolute atomic E-state index is 12.8. The number of ether oxygens (including phenoxy) is 2. The lowest BCUT2D eigenvalue weighted by molar-refractivity contribution is -0.147. The van der Waals surface area contributed by atoms with E-state index >= 15 is 0 Å². The van der Waals surface area contributed by atoms with Gasteiger partial charge in [0, 0.05) is 27.2 Å². The lowest BCUT2D eigenvalue weighted by Gasteiger charge is -2.34. The van der Waals surface area contributed by atoms with Gasteiger partial charge in [0.15, 0.2) is 0 Å². The van der Waals surface area contributed by atoms with Gasteiger partial charge in [-0.05, 0) is 33.1 Å². The van der Waals surface area contributed by atoms with Crippen molar-refractivity contribution in [1.82, 2.24) is 14.7 Å². The van der Waals surface area contributed by atoms with Gasteiger partial charge >= 0.3 is 18.1 Å². The van der Waals surface area contributed by atoms with Crippen LogP contribution >= 0.6 is 0 Å². The zero-order valence-electron chi connectivity index (χ0n) is 17.2. The van der Waals surface area contributed by atoms with E-state index < -0.39 is 17.6 Å². The number of methoxy groups -OCH3 is 1. The second-order valence-electron chi connectivity index (χ2n) is 8.09. The van der Waals surface area contributed by atoms with Gasteiger partial charge in [0.1, 0.15) is 11.6 Å². The normalized spacial score (nSPS) is 18.5. The molecule has 0 N–H and O–H groups in total. The molecule has 1 aliphatic heterocycles. The SMILES string of the molecule is COC(=O)[C@H](C(C)C)N(C)C(=O)N(C)[C@H]1CCN(C(=O)OC(C)(C)C)C1. The molecule has 1 aliphatic rings. The zero-order chi connectivity index (χ0) is 20.2. The number of likely N-dealkylation sites (N-methyl/N-ethyl adjacent to an activating group) is 2. The molecule has 8 heteroatoms. The summed E-state index contributed by atoms with van der Waals surface area (Å²) in [6.45, 7) is 10.1. The van der Waals surface area contributed by atoms with Crippen LogP contribution in [0.25, 0.3) is 0 Å². The summed E-state index contributed by atoms with van der Waals surface area (Å²) in [5.41, 5.74) is -0.553. The van der Waals surface area contributed by atoms with E-state index in [0.29, 0.717) is 19.5 Å². The number of hydrogen-bond donors (Lipinski definition) is 0. The highest BCUT2D eigenvalue weighted by molar-refractivity contribution is 5.83. The molecule has 150 valence electrons. The monoisotopic (exact) mass is 371 g/mol. The van der Waals surface area contributed by atoms with Crippen molar-refractivity contribution in [2.45, 2.75) is 58.7 Å². The van der Waals surface area contributed by atoms with Gasteiger partial charge in [-0.15, -0.1) is 0 Å². The standard InChI is InChI=1S/C18H33N3O5/c1-12(2)14(15(22)25-8)20(7)16(23)19(6)13-9-10-21(11-13)17(24)26-18(3,4)5/h12-14H,9-11H2,1-8H3/t13-,14-/m0/s1. The number of likely N-dealkylation sites (tertiary alicyclic amines) is 1. The second-order valence-corrected chi connectivity index (χ2v) is 8.09. The first-order valence-corrected chi connectivity index (χ1v) is 8.94. The van der Waals surface area contributed by atoms with Gasteiger partial charge in [-0.1, -0.05) is 13.8 Å². The molecule has 26 heavy (non-hydrogen) atoms. The fraction of sp³-hybridized carbons (Fsp3) is 0.833. The molecule has 0 aromatic rings. The third-order valence-electron chi connectivity index (χ3n) is 4.46. The van der Waals surface area contributed by atoms with Gasteiger partial charge in [0.05, 0.1) is 13.2 Å². The molecule has 2 atom stereocenters. The van der Waals surface area contributed by atoms with Crippen molar-refractivity contribution >= 4 is 18.1 Å². The molecule has 1 fully saturated rings. The molecule has 1 rings (SSSR count). The van der Waals surface area contributed by atoms with Gasteiger partial charge < -0.3 is 24.2 Å². The molecule has 0 aromatic heterocycles. The third kappa shape index (κ3) is 5.51. The van der Waals surface area contributed by atoms with E-state index in [4.69, 9.17) is 9.47 Å². The number of carbonyl (C=O) groups is 3. The second kappa shape index (κ2) is 8.60. The average Bonchev–Trinajstić information content (AvgIpc) is 3.01. The highest BCUT2D eigenvalue weighted by atomic mass is 16.6. The van der Waals surface area contributed by atoms with E-state index in [2.05, 4.69) is 0 Å². The molecule has 0 bridgehead atoms. The topological polar surface area (TPSA) is 79.4 Å². The largest absolute Gasteiger partial charge is 0.467 e. The average molecular weight is 371 g/mol. The minimum absolute atomic E-state index is 0.0772. The number of nitrogens with zero attached hydrogens (tertiary/aromatic N) is 3. The first-order valence-electron chi connectivity index (χ1n) is 8.94. The molecule has 3 amide bonds. The van der Waals surface area contributed by atoms with Crippen molar-refractivity contribution in [3.05, 3.63) is 0 Å². The van der Waals surface area contributed by atoms with Crippen molar-refractivity contribution in [1.29, 1.82) is 0 Å². The minimum Gasteiger partial charge on any atom is -0.467 e. The van der Waals surface area contributed by atoms with Crippen molar-refractivity contribution in [3.8, 4) is 0 Å². The molecule has 0 aliphatic carbocycles. The number of esters is 1. The lowest BCUT2D eigenvalue weighted by atomic mass is 10.0. The Morgan fingerprint density at radius 1 is 1.15 bits per heavy atom. The Kier molecular flexibility index (Phi) is 7.29. The summed E-state index contributed by atoms with van der Waals surface area (Å²) in [6, 6.07) is -1.05. The van der Waals surface area contributed by atoms with E-state index in [9.17, 15) is 14.4 Å². The Morgan fingerprint density at radius 2 is 1.73 bits per heavy atom. The fourth-order valence-corrected chi connectivity index (χ4v) is 3.07. The summed E-state index contributed by atoms with van der Waals surface area (Å²) in [4.78, 5) is 41.6. The number of hydrogen-bond acceptors (Lipinski definition) is 5. The summed E-state index contributed by atoms with van der Waals surface area (Å²) in [7, 11) is 4.60. The summed E-state index contributed by atoms with van der Waals surface area (Å²) in [5, 5.41) is 0. The van der Waals surface area contributed by atoms with Crippen molar-refractivity contribution in [2.24, 2.45) is 5.92 Å². The maximum Gasteiger partial charge on any atom is 0.410 e. The van der Waals surface area contributed by atoms with Crippen molar-refractivity contribution < 1.29 is 23.9 Å². The van der Waals surface area contributed by atoms with Gasteiger partial charge in [-0.2, -0.15) is 0 Å². The Morgan fingerprint density at radius 3 is 2.19 bits per heavy atom.